The van der Waals surface area contributed by atoms with Crippen molar-refractivity contribution in [2.75, 3.05) is 6.61 Å². The Morgan fingerprint density at radius 2 is 2.06 bits per heavy atom. The van der Waals surface area contributed by atoms with Crippen LogP contribution < -0.4 is 10.5 Å². The molecule has 1 heterocycles. The predicted octanol–water partition coefficient (Wildman–Crippen LogP) is 2.46. The maximum atomic E-state index is 5.77. The van der Waals surface area contributed by atoms with Gasteiger partial charge in [-0.3, -0.25) is 4.68 Å². The molecular weight excluding hydrogens is 250 g/mol. The monoisotopic (exact) mass is 265 g/mol. The topological polar surface area (TPSA) is 53.1 Å². The molecule has 0 amide bonds. The molecule has 0 aliphatic heterocycles. The number of hydrogen-bond acceptors (Lipinski definition) is 3. The molecule has 0 saturated heterocycles. The van der Waals surface area contributed by atoms with E-state index in [1.54, 1.807) is 12.4 Å². The van der Waals surface area contributed by atoms with Crippen molar-refractivity contribution in [1.29, 1.82) is 0 Å². The number of nitrogens with zero attached hydrogens (tertiary/aromatic N) is 2. The maximum absolute atomic E-state index is 5.77. The highest BCUT2D eigenvalue weighted by atomic mass is 35.5. The molecule has 0 aliphatic rings. The fraction of sp³-hybridized carbons (Fsp3) is 0.308. The minimum absolute atomic E-state index is 0.556. The summed E-state index contributed by atoms with van der Waals surface area (Å²) in [6, 6.07) is 7.82. The Morgan fingerprint density at radius 1 is 1.28 bits per heavy atom. The van der Waals surface area contributed by atoms with E-state index in [0.717, 1.165) is 24.3 Å². The van der Waals surface area contributed by atoms with Crippen LogP contribution in [0, 0.1) is 0 Å². The van der Waals surface area contributed by atoms with Crippen LogP contribution >= 0.6 is 11.6 Å². The zero-order valence-corrected chi connectivity index (χ0v) is 10.8. The van der Waals surface area contributed by atoms with Gasteiger partial charge in [-0.2, -0.15) is 5.10 Å². The smallest absolute Gasteiger partial charge is 0.119 e. The van der Waals surface area contributed by atoms with Gasteiger partial charge in [0.15, 0.2) is 0 Å². The summed E-state index contributed by atoms with van der Waals surface area (Å²) in [5.74, 6) is 0.866. The number of halogens is 1. The first-order chi connectivity index (χ1) is 8.78. The Morgan fingerprint density at radius 3 is 2.67 bits per heavy atom. The van der Waals surface area contributed by atoms with Gasteiger partial charge in [-0.25, -0.2) is 0 Å². The standard InChI is InChI=1S/C13H16ClN3O/c14-12-9-16-17(10-12)6-1-7-18-13-4-2-11(8-15)3-5-13/h2-5,9-10H,1,6-8,15H2. The largest absolute Gasteiger partial charge is 0.494 e. The second kappa shape index (κ2) is 6.42. The Labute approximate surface area is 111 Å². The minimum atomic E-state index is 0.556. The third-order valence-electron chi connectivity index (χ3n) is 2.56. The summed E-state index contributed by atoms with van der Waals surface area (Å²) in [5, 5.41) is 4.76. The van der Waals surface area contributed by atoms with E-state index < -0.39 is 0 Å². The van der Waals surface area contributed by atoms with Gasteiger partial charge in [0.2, 0.25) is 0 Å². The molecule has 1 aromatic carbocycles. The van der Waals surface area contributed by atoms with E-state index in [9.17, 15) is 0 Å². The van der Waals surface area contributed by atoms with Gasteiger partial charge in [-0.05, 0) is 17.7 Å². The van der Waals surface area contributed by atoms with Crippen LogP contribution in [0.3, 0.4) is 0 Å². The van der Waals surface area contributed by atoms with E-state index in [2.05, 4.69) is 5.10 Å². The van der Waals surface area contributed by atoms with Crippen molar-refractivity contribution in [2.45, 2.75) is 19.5 Å². The Hall–Kier alpha value is -1.52. The molecule has 0 bridgehead atoms. The summed E-state index contributed by atoms with van der Waals surface area (Å²) >= 11 is 5.77. The van der Waals surface area contributed by atoms with Gasteiger partial charge < -0.3 is 10.5 Å². The first-order valence-corrected chi connectivity index (χ1v) is 6.25. The van der Waals surface area contributed by atoms with Gasteiger partial charge in [0.25, 0.3) is 0 Å². The average molecular weight is 266 g/mol. The molecule has 0 fully saturated rings. The lowest BCUT2D eigenvalue weighted by molar-refractivity contribution is 0.298. The molecule has 2 rings (SSSR count). The first kappa shape index (κ1) is 12.9. The van der Waals surface area contributed by atoms with Crippen molar-refractivity contribution in [3.05, 3.63) is 47.2 Å². The van der Waals surface area contributed by atoms with Gasteiger partial charge in [0.05, 0.1) is 17.8 Å². The summed E-state index contributed by atoms with van der Waals surface area (Å²) in [6.45, 7) is 2.01. The van der Waals surface area contributed by atoms with E-state index in [1.807, 2.05) is 28.9 Å². The molecule has 96 valence electrons. The zero-order valence-electron chi connectivity index (χ0n) is 10.1. The quantitative estimate of drug-likeness (QED) is 0.817. The van der Waals surface area contributed by atoms with Crippen molar-refractivity contribution in [3.8, 4) is 5.75 Å². The molecule has 1 aromatic heterocycles. The molecule has 0 radical (unpaired) electrons. The molecule has 5 heteroatoms. The van der Waals surface area contributed by atoms with Crippen LogP contribution in [0.1, 0.15) is 12.0 Å². The highest BCUT2D eigenvalue weighted by molar-refractivity contribution is 6.30. The van der Waals surface area contributed by atoms with E-state index in [4.69, 9.17) is 22.1 Å². The van der Waals surface area contributed by atoms with Gasteiger partial charge >= 0.3 is 0 Å². The molecule has 0 atom stereocenters. The lowest BCUT2D eigenvalue weighted by Crippen LogP contribution is -2.05. The van der Waals surface area contributed by atoms with Crippen LogP contribution in [0.2, 0.25) is 5.02 Å². The lowest BCUT2D eigenvalue weighted by Gasteiger charge is -2.06. The molecule has 0 spiro atoms. The van der Waals surface area contributed by atoms with Crippen LogP contribution in [0.15, 0.2) is 36.7 Å². The molecule has 18 heavy (non-hydrogen) atoms. The number of nitrogens with two attached hydrogens (primary N) is 1. The van der Waals surface area contributed by atoms with E-state index >= 15 is 0 Å². The number of hydrogen-bond donors (Lipinski definition) is 1. The molecule has 0 unspecified atom stereocenters. The first-order valence-electron chi connectivity index (χ1n) is 5.87. The van der Waals surface area contributed by atoms with Crippen LogP contribution in [0.5, 0.6) is 5.75 Å². The number of aryl methyl sites for hydroxylation is 1. The summed E-state index contributed by atoms with van der Waals surface area (Å²) < 4.78 is 7.43. The Bertz CT molecular complexity index is 481. The third kappa shape index (κ3) is 3.75. The van der Waals surface area contributed by atoms with Crippen molar-refractivity contribution < 1.29 is 4.74 Å². The molecule has 2 aromatic rings. The van der Waals surface area contributed by atoms with Crippen molar-refractivity contribution >= 4 is 11.6 Å². The number of aromatic nitrogens is 2. The second-order valence-corrected chi connectivity index (χ2v) is 4.41. The number of ether oxygens (including phenoxy) is 1. The van der Waals surface area contributed by atoms with Gasteiger partial charge in [0, 0.05) is 25.7 Å². The van der Waals surface area contributed by atoms with Crippen LogP contribution in [-0.4, -0.2) is 16.4 Å². The molecule has 2 N–H and O–H groups in total. The lowest BCUT2D eigenvalue weighted by atomic mass is 10.2. The summed E-state index contributed by atoms with van der Waals surface area (Å²) in [6.07, 6.45) is 4.32. The summed E-state index contributed by atoms with van der Waals surface area (Å²) in [7, 11) is 0. The fourth-order valence-corrected chi connectivity index (χ4v) is 1.76. The fourth-order valence-electron chi connectivity index (χ4n) is 1.60. The van der Waals surface area contributed by atoms with Crippen LogP contribution in [-0.2, 0) is 13.1 Å². The predicted molar refractivity (Wildman–Crippen MR) is 71.7 cm³/mol. The van der Waals surface area contributed by atoms with Crippen molar-refractivity contribution in [1.82, 2.24) is 9.78 Å². The summed E-state index contributed by atoms with van der Waals surface area (Å²) in [4.78, 5) is 0. The van der Waals surface area contributed by atoms with Crippen molar-refractivity contribution in [3.63, 3.8) is 0 Å². The average Bonchev–Trinajstić information content (AvgIpc) is 2.81. The summed E-state index contributed by atoms with van der Waals surface area (Å²) in [5.41, 5.74) is 6.63. The SMILES string of the molecule is NCc1ccc(OCCCn2cc(Cl)cn2)cc1. The molecule has 0 aliphatic carbocycles. The molecule has 4 nitrogen and oxygen atoms in total. The van der Waals surface area contributed by atoms with Crippen LogP contribution in [0.25, 0.3) is 0 Å². The Kier molecular flexibility index (Phi) is 4.61. The van der Waals surface area contributed by atoms with Crippen molar-refractivity contribution in [2.24, 2.45) is 5.73 Å². The highest BCUT2D eigenvalue weighted by Gasteiger charge is 1.97. The minimum Gasteiger partial charge on any atom is -0.494 e. The molecule has 0 saturated carbocycles. The normalized spacial score (nSPS) is 10.6. The molecular formula is C13H16ClN3O. The van der Waals surface area contributed by atoms with Crippen LogP contribution in [0.4, 0.5) is 0 Å². The van der Waals surface area contributed by atoms with Gasteiger partial charge in [-0.1, -0.05) is 23.7 Å². The highest BCUT2D eigenvalue weighted by Crippen LogP contribution is 2.12. The van der Waals surface area contributed by atoms with E-state index in [1.165, 1.54) is 0 Å². The third-order valence-corrected chi connectivity index (χ3v) is 2.76. The number of rotatable bonds is 6. The van der Waals surface area contributed by atoms with Gasteiger partial charge in [0.1, 0.15) is 5.75 Å². The Balaban J connectivity index is 1.71. The van der Waals surface area contributed by atoms with E-state index in [-0.39, 0.29) is 0 Å². The second-order valence-electron chi connectivity index (χ2n) is 3.97. The van der Waals surface area contributed by atoms with Gasteiger partial charge in [-0.15, -0.1) is 0 Å². The number of benzene rings is 1. The maximum Gasteiger partial charge on any atom is 0.119 e. The zero-order chi connectivity index (χ0) is 12.8. The van der Waals surface area contributed by atoms with E-state index in [0.29, 0.717) is 18.2 Å².